The van der Waals surface area contributed by atoms with Gasteiger partial charge in [-0.3, -0.25) is 15.6 Å². The number of rotatable bonds is 9. The summed E-state index contributed by atoms with van der Waals surface area (Å²) in [5.41, 5.74) is 7.36. The molecule has 0 bridgehead atoms. The molecule has 1 aromatic heterocycles. The fraction of sp³-hybridized carbons (Fsp3) is 0.450. The van der Waals surface area contributed by atoms with Crippen LogP contribution in [-0.4, -0.2) is 22.5 Å². The topological polar surface area (TPSA) is 66.0 Å². The smallest absolute Gasteiger partial charge is 0.245 e. The van der Waals surface area contributed by atoms with Crippen molar-refractivity contribution in [3.63, 3.8) is 0 Å². The summed E-state index contributed by atoms with van der Waals surface area (Å²) in [6.45, 7) is 5.22. The van der Waals surface area contributed by atoms with Crippen LogP contribution in [0.4, 0.5) is 0 Å². The van der Waals surface area contributed by atoms with E-state index in [1.807, 2.05) is 35.7 Å². The number of nitrogens with one attached hydrogen (secondary N) is 3. The maximum atomic E-state index is 12.1. The zero-order valence-corrected chi connectivity index (χ0v) is 17.6. The van der Waals surface area contributed by atoms with E-state index in [9.17, 15) is 4.79 Å². The van der Waals surface area contributed by atoms with Crippen molar-refractivity contribution in [3.05, 3.63) is 40.7 Å². The lowest BCUT2D eigenvalue weighted by atomic mass is 9.99. The maximum absolute atomic E-state index is 12.1. The third-order valence-electron chi connectivity index (χ3n) is 4.34. The molecule has 0 fully saturated rings. The zero-order valence-electron chi connectivity index (χ0n) is 16.0. The first-order valence-electron chi connectivity index (χ1n) is 9.44. The van der Waals surface area contributed by atoms with E-state index in [0.29, 0.717) is 11.0 Å². The first-order chi connectivity index (χ1) is 13.1. The molecule has 1 amide bonds. The summed E-state index contributed by atoms with van der Waals surface area (Å²) in [6, 6.07) is 9.94. The fourth-order valence-corrected chi connectivity index (χ4v) is 3.60. The predicted molar refractivity (Wildman–Crippen MR) is 116 cm³/mol. The van der Waals surface area contributed by atoms with Gasteiger partial charge in [0.15, 0.2) is 5.11 Å². The van der Waals surface area contributed by atoms with E-state index in [0.717, 1.165) is 29.2 Å². The zero-order chi connectivity index (χ0) is 19.5. The van der Waals surface area contributed by atoms with Gasteiger partial charge in [0.2, 0.25) is 5.91 Å². The average molecular weight is 405 g/mol. The number of aromatic nitrogens is 1. The van der Waals surface area contributed by atoms with Gasteiger partial charge in [0, 0.05) is 17.5 Å². The summed E-state index contributed by atoms with van der Waals surface area (Å²) in [4.78, 5) is 16.6. The van der Waals surface area contributed by atoms with Gasteiger partial charge in [0.1, 0.15) is 5.01 Å². The van der Waals surface area contributed by atoms with Crippen LogP contribution in [0.2, 0.25) is 0 Å². The Morgan fingerprint density at radius 2 is 2.00 bits per heavy atom. The van der Waals surface area contributed by atoms with E-state index in [-0.39, 0.29) is 12.3 Å². The molecular weight excluding hydrogens is 376 g/mol. The molecular formula is C20H28N4OS2. The lowest BCUT2D eigenvalue weighted by molar-refractivity contribution is -0.121. The molecule has 2 aromatic rings. The highest BCUT2D eigenvalue weighted by Crippen LogP contribution is 2.21. The number of amides is 1. The van der Waals surface area contributed by atoms with Crippen molar-refractivity contribution in [2.24, 2.45) is 5.92 Å². The van der Waals surface area contributed by atoms with E-state index in [1.54, 1.807) is 0 Å². The Bertz CT molecular complexity index is 718. The largest absolute Gasteiger partial charge is 0.361 e. The minimum Gasteiger partial charge on any atom is -0.361 e. The molecule has 0 radical (unpaired) electrons. The second-order valence-corrected chi connectivity index (χ2v) is 7.82. The van der Waals surface area contributed by atoms with Crippen LogP contribution >= 0.6 is 23.6 Å². The van der Waals surface area contributed by atoms with Gasteiger partial charge in [-0.1, -0.05) is 63.4 Å². The molecule has 0 spiro atoms. The molecule has 1 heterocycles. The molecule has 0 aliphatic carbocycles. The van der Waals surface area contributed by atoms with Crippen LogP contribution in [0.25, 0.3) is 11.3 Å². The van der Waals surface area contributed by atoms with Crippen LogP contribution < -0.4 is 16.2 Å². The van der Waals surface area contributed by atoms with E-state index >= 15 is 0 Å². The molecule has 1 atom stereocenters. The van der Waals surface area contributed by atoms with Crippen molar-refractivity contribution in [1.82, 2.24) is 21.2 Å². The van der Waals surface area contributed by atoms with Gasteiger partial charge in [-0.05, 0) is 24.6 Å². The molecule has 7 heteroatoms. The molecule has 1 aromatic carbocycles. The van der Waals surface area contributed by atoms with Crippen LogP contribution in [0.15, 0.2) is 35.7 Å². The molecule has 3 N–H and O–H groups in total. The molecule has 0 saturated heterocycles. The lowest BCUT2D eigenvalue weighted by Gasteiger charge is -2.17. The van der Waals surface area contributed by atoms with E-state index in [4.69, 9.17) is 12.2 Å². The maximum Gasteiger partial charge on any atom is 0.245 e. The summed E-state index contributed by atoms with van der Waals surface area (Å²) in [5, 5.41) is 6.37. The molecule has 0 aliphatic rings. The number of carbonyl (C=O) groups excluding carboxylic acids is 1. The third-order valence-corrected chi connectivity index (χ3v) is 5.44. The Hall–Kier alpha value is -1.99. The van der Waals surface area contributed by atoms with Gasteiger partial charge in [-0.25, -0.2) is 4.98 Å². The number of unbranched alkanes of at least 4 members (excludes halogenated alkanes) is 1. The van der Waals surface area contributed by atoms with Crippen molar-refractivity contribution >= 4 is 34.6 Å². The summed E-state index contributed by atoms with van der Waals surface area (Å²) >= 11 is 6.72. The summed E-state index contributed by atoms with van der Waals surface area (Å²) < 4.78 is 0. The Balaban J connectivity index is 1.71. The van der Waals surface area contributed by atoms with Gasteiger partial charge in [-0.15, -0.1) is 11.3 Å². The minimum absolute atomic E-state index is 0.161. The van der Waals surface area contributed by atoms with Crippen LogP contribution in [0.5, 0.6) is 0 Å². The van der Waals surface area contributed by atoms with Gasteiger partial charge < -0.3 is 5.32 Å². The SMILES string of the molecule is CCCC[C@H](CC)CNC(=S)NNC(=O)Cc1nc(-c2ccccc2)cs1. The van der Waals surface area contributed by atoms with Crippen LogP contribution in [0.1, 0.15) is 44.5 Å². The average Bonchev–Trinajstić information content (AvgIpc) is 3.15. The first kappa shape index (κ1) is 21.3. The Labute approximate surface area is 171 Å². The minimum atomic E-state index is -0.161. The van der Waals surface area contributed by atoms with Gasteiger partial charge in [-0.2, -0.15) is 0 Å². The van der Waals surface area contributed by atoms with E-state index in [2.05, 4.69) is 35.0 Å². The first-order valence-corrected chi connectivity index (χ1v) is 10.7. The Kier molecular flexibility index (Phi) is 9.21. The van der Waals surface area contributed by atoms with Gasteiger partial charge in [0.25, 0.3) is 0 Å². The fourth-order valence-electron chi connectivity index (χ4n) is 2.67. The quantitative estimate of drug-likeness (QED) is 0.434. The van der Waals surface area contributed by atoms with Gasteiger partial charge in [0.05, 0.1) is 12.1 Å². The van der Waals surface area contributed by atoms with Crippen molar-refractivity contribution in [2.45, 2.75) is 46.0 Å². The monoisotopic (exact) mass is 404 g/mol. The lowest BCUT2D eigenvalue weighted by Crippen LogP contribution is -2.48. The summed E-state index contributed by atoms with van der Waals surface area (Å²) in [7, 11) is 0. The normalized spacial score (nSPS) is 11.6. The Morgan fingerprint density at radius 1 is 1.22 bits per heavy atom. The summed E-state index contributed by atoms with van der Waals surface area (Å²) in [6.07, 6.45) is 4.98. The number of hydrogen-bond donors (Lipinski definition) is 3. The number of thiocarbonyl (C=S) groups is 1. The number of nitrogens with zero attached hydrogens (tertiary/aromatic N) is 1. The molecule has 0 unspecified atom stereocenters. The summed E-state index contributed by atoms with van der Waals surface area (Å²) in [5.74, 6) is 0.443. The van der Waals surface area contributed by atoms with Crippen molar-refractivity contribution < 1.29 is 4.79 Å². The second kappa shape index (κ2) is 11.7. The van der Waals surface area contributed by atoms with Crippen molar-refractivity contribution in [2.75, 3.05) is 6.54 Å². The standard InChI is InChI=1S/C20H28N4OS2/c1-3-5-9-15(4-2)13-21-20(26)24-23-18(25)12-19-22-17(14-27-19)16-10-7-6-8-11-16/h6-8,10-11,14-15H,3-5,9,12-13H2,1-2H3,(H,23,25)(H2,21,24,26)/t15-/m0/s1. The number of hydrazine groups is 1. The number of carbonyl (C=O) groups is 1. The van der Waals surface area contributed by atoms with Crippen LogP contribution in [0.3, 0.4) is 0 Å². The predicted octanol–water partition coefficient (Wildman–Crippen LogP) is 4.06. The van der Waals surface area contributed by atoms with Gasteiger partial charge >= 0.3 is 0 Å². The highest BCUT2D eigenvalue weighted by molar-refractivity contribution is 7.80. The Morgan fingerprint density at radius 3 is 2.70 bits per heavy atom. The molecule has 0 aliphatic heterocycles. The number of benzene rings is 1. The third kappa shape index (κ3) is 7.64. The van der Waals surface area contributed by atoms with Crippen molar-refractivity contribution in [3.8, 4) is 11.3 Å². The molecule has 27 heavy (non-hydrogen) atoms. The molecule has 2 rings (SSSR count). The molecule has 0 saturated carbocycles. The highest BCUT2D eigenvalue weighted by atomic mass is 32.1. The molecule has 146 valence electrons. The van der Waals surface area contributed by atoms with Crippen LogP contribution in [-0.2, 0) is 11.2 Å². The number of thiazole rings is 1. The van der Waals surface area contributed by atoms with E-state index < -0.39 is 0 Å². The van der Waals surface area contributed by atoms with Crippen LogP contribution in [0, 0.1) is 5.92 Å². The number of hydrogen-bond acceptors (Lipinski definition) is 4. The van der Waals surface area contributed by atoms with Crippen molar-refractivity contribution in [1.29, 1.82) is 0 Å². The highest BCUT2D eigenvalue weighted by Gasteiger charge is 2.10. The second-order valence-electron chi connectivity index (χ2n) is 6.47. The van der Waals surface area contributed by atoms with E-state index in [1.165, 1.54) is 30.6 Å². The molecule has 5 nitrogen and oxygen atoms in total.